The number of carbonyl (C=O) groups is 1. The minimum atomic E-state index is -0.293. The first kappa shape index (κ1) is 18.5. The zero-order valence-corrected chi connectivity index (χ0v) is 17.0. The molecule has 1 atom stereocenters. The predicted octanol–water partition coefficient (Wildman–Crippen LogP) is 3.57. The Bertz CT molecular complexity index is 861. The van der Waals surface area contributed by atoms with Crippen molar-refractivity contribution in [1.82, 2.24) is 14.9 Å². The van der Waals surface area contributed by atoms with Gasteiger partial charge < -0.3 is 5.32 Å². The average molecular weight is 424 g/mol. The third-order valence-electron chi connectivity index (χ3n) is 4.00. The number of fused-ring (bicyclic) bond motifs is 1. The summed E-state index contributed by atoms with van der Waals surface area (Å²) in [4.78, 5) is 29.9. The van der Waals surface area contributed by atoms with Gasteiger partial charge in [-0.1, -0.05) is 41.5 Å². The van der Waals surface area contributed by atoms with Gasteiger partial charge in [-0.2, -0.15) is 0 Å². The molecule has 1 unspecified atom stereocenters. The highest BCUT2D eigenvalue weighted by molar-refractivity contribution is 9.10. The van der Waals surface area contributed by atoms with E-state index in [1.165, 1.54) is 11.8 Å². The van der Waals surface area contributed by atoms with E-state index in [0.29, 0.717) is 34.6 Å². The molecule has 1 aliphatic carbocycles. The summed E-state index contributed by atoms with van der Waals surface area (Å²) in [5, 5.41) is 3.92. The molecule has 2 aromatic rings. The highest BCUT2D eigenvalue weighted by Gasteiger charge is 2.27. The van der Waals surface area contributed by atoms with Crippen LogP contribution in [0.4, 0.5) is 0 Å². The summed E-state index contributed by atoms with van der Waals surface area (Å²) in [5.74, 6) is 0.313. The molecule has 25 heavy (non-hydrogen) atoms. The van der Waals surface area contributed by atoms with Gasteiger partial charge in [0, 0.05) is 17.1 Å². The van der Waals surface area contributed by atoms with Gasteiger partial charge in [-0.15, -0.1) is 0 Å². The summed E-state index contributed by atoms with van der Waals surface area (Å²) in [6.07, 6.45) is 2.12. The number of thioether (sulfide) groups is 1. The summed E-state index contributed by atoms with van der Waals surface area (Å²) in [5.41, 5.74) is 0.600. The lowest BCUT2D eigenvalue weighted by Gasteiger charge is -2.17. The highest BCUT2D eigenvalue weighted by atomic mass is 79.9. The molecule has 1 N–H and O–H groups in total. The van der Waals surface area contributed by atoms with E-state index in [4.69, 9.17) is 0 Å². The van der Waals surface area contributed by atoms with Gasteiger partial charge in [0.1, 0.15) is 0 Å². The fourth-order valence-electron chi connectivity index (χ4n) is 2.55. The SMILES string of the molecule is CC(C)Cn1c(SC(C)C(=O)NC2CC2)nc2ccc(Br)cc2c1=O. The number of carbonyl (C=O) groups excluding carboxylic acids is 1. The molecular formula is C18H22BrN3O2S. The molecule has 1 aromatic carbocycles. The maximum absolute atomic E-state index is 13.0. The van der Waals surface area contributed by atoms with Crippen LogP contribution in [0.1, 0.15) is 33.6 Å². The van der Waals surface area contributed by atoms with Crippen LogP contribution in [0.3, 0.4) is 0 Å². The third kappa shape index (κ3) is 4.44. The maximum atomic E-state index is 13.0. The minimum Gasteiger partial charge on any atom is -0.352 e. The summed E-state index contributed by atoms with van der Waals surface area (Å²) >= 11 is 4.77. The lowest BCUT2D eigenvalue weighted by atomic mass is 10.2. The van der Waals surface area contributed by atoms with Crippen molar-refractivity contribution < 1.29 is 4.79 Å². The molecule has 0 aliphatic heterocycles. The standard InChI is InChI=1S/C18H22BrN3O2S/c1-10(2)9-22-17(24)14-8-12(19)4-7-15(14)21-18(22)25-11(3)16(23)20-13-5-6-13/h4,7-8,10-11,13H,5-6,9H2,1-3H3,(H,20,23). The van der Waals surface area contributed by atoms with Gasteiger partial charge >= 0.3 is 0 Å². The van der Waals surface area contributed by atoms with Crippen molar-refractivity contribution >= 4 is 44.5 Å². The Morgan fingerprint density at radius 2 is 2.12 bits per heavy atom. The number of nitrogens with zero attached hydrogens (tertiary/aromatic N) is 2. The second-order valence-corrected chi connectivity index (χ2v) is 9.13. The Morgan fingerprint density at radius 3 is 2.76 bits per heavy atom. The van der Waals surface area contributed by atoms with E-state index >= 15 is 0 Å². The predicted molar refractivity (Wildman–Crippen MR) is 105 cm³/mol. The number of hydrogen-bond donors (Lipinski definition) is 1. The van der Waals surface area contributed by atoms with Gasteiger partial charge in [-0.3, -0.25) is 14.2 Å². The van der Waals surface area contributed by atoms with Crippen molar-refractivity contribution in [2.75, 3.05) is 0 Å². The molecule has 0 bridgehead atoms. The van der Waals surface area contributed by atoms with E-state index < -0.39 is 0 Å². The van der Waals surface area contributed by atoms with Crippen LogP contribution in [0.2, 0.25) is 0 Å². The quantitative estimate of drug-likeness (QED) is 0.569. The van der Waals surface area contributed by atoms with Gasteiger partial charge in [-0.05, 0) is 43.9 Å². The van der Waals surface area contributed by atoms with Gasteiger partial charge in [0.15, 0.2) is 5.16 Å². The summed E-state index contributed by atoms with van der Waals surface area (Å²) < 4.78 is 2.55. The smallest absolute Gasteiger partial charge is 0.262 e. The number of benzene rings is 1. The number of aromatic nitrogens is 2. The first-order chi connectivity index (χ1) is 11.8. The molecule has 1 heterocycles. The molecule has 5 nitrogen and oxygen atoms in total. The van der Waals surface area contributed by atoms with Gasteiger partial charge in [0.25, 0.3) is 5.56 Å². The van der Waals surface area contributed by atoms with Gasteiger partial charge in [-0.25, -0.2) is 4.98 Å². The highest BCUT2D eigenvalue weighted by Crippen LogP contribution is 2.26. The first-order valence-electron chi connectivity index (χ1n) is 8.52. The first-order valence-corrected chi connectivity index (χ1v) is 10.2. The molecule has 0 spiro atoms. The van der Waals surface area contributed by atoms with Crippen LogP contribution >= 0.6 is 27.7 Å². The van der Waals surface area contributed by atoms with Crippen molar-refractivity contribution in [1.29, 1.82) is 0 Å². The molecule has 1 aliphatic rings. The zero-order chi connectivity index (χ0) is 18.1. The van der Waals surface area contributed by atoms with Crippen LogP contribution in [0.15, 0.2) is 32.6 Å². The fraction of sp³-hybridized carbons (Fsp3) is 0.500. The summed E-state index contributed by atoms with van der Waals surface area (Å²) in [7, 11) is 0. The Labute approximate surface area is 159 Å². The fourth-order valence-corrected chi connectivity index (χ4v) is 3.83. The molecule has 0 saturated heterocycles. The molecule has 1 fully saturated rings. The Morgan fingerprint density at radius 1 is 1.40 bits per heavy atom. The molecular weight excluding hydrogens is 402 g/mol. The third-order valence-corrected chi connectivity index (χ3v) is 5.59. The average Bonchev–Trinajstić information content (AvgIpc) is 3.35. The zero-order valence-electron chi connectivity index (χ0n) is 14.6. The van der Waals surface area contributed by atoms with E-state index in [1.807, 2.05) is 19.1 Å². The van der Waals surface area contributed by atoms with Crippen molar-refractivity contribution in [2.45, 2.75) is 56.6 Å². The summed E-state index contributed by atoms with van der Waals surface area (Å²) in [6, 6.07) is 5.84. The van der Waals surface area contributed by atoms with Crippen molar-refractivity contribution in [3.8, 4) is 0 Å². The Balaban J connectivity index is 1.97. The molecule has 1 amide bonds. The number of rotatable bonds is 6. The molecule has 0 radical (unpaired) electrons. The van der Waals surface area contributed by atoms with Crippen molar-refractivity contribution in [2.24, 2.45) is 5.92 Å². The second kappa shape index (κ2) is 7.50. The summed E-state index contributed by atoms with van der Waals surface area (Å²) in [6.45, 7) is 6.57. The number of halogens is 1. The van der Waals surface area contributed by atoms with Crippen molar-refractivity contribution in [3.05, 3.63) is 33.0 Å². The van der Waals surface area contributed by atoms with Crippen LogP contribution in [-0.2, 0) is 11.3 Å². The van der Waals surface area contributed by atoms with E-state index in [0.717, 1.165) is 17.3 Å². The topological polar surface area (TPSA) is 64.0 Å². The van der Waals surface area contributed by atoms with Gasteiger partial charge in [0.2, 0.25) is 5.91 Å². The van der Waals surface area contributed by atoms with E-state index in [9.17, 15) is 9.59 Å². The maximum Gasteiger partial charge on any atom is 0.262 e. The Hall–Kier alpha value is -1.34. The van der Waals surface area contributed by atoms with E-state index in [1.54, 1.807) is 10.6 Å². The monoisotopic (exact) mass is 423 g/mol. The van der Waals surface area contributed by atoms with Crippen LogP contribution in [0.5, 0.6) is 0 Å². The second-order valence-electron chi connectivity index (χ2n) is 6.91. The van der Waals surface area contributed by atoms with Gasteiger partial charge in [0.05, 0.1) is 16.2 Å². The normalized spacial score (nSPS) is 15.6. The van der Waals surface area contributed by atoms with Crippen LogP contribution in [-0.4, -0.2) is 26.8 Å². The lowest BCUT2D eigenvalue weighted by molar-refractivity contribution is -0.120. The van der Waals surface area contributed by atoms with Crippen LogP contribution < -0.4 is 10.9 Å². The molecule has 134 valence electrons. The molecule has 1 saturated carbocycles. The van der Waals surface area contributed by atoms with Crippen LogP contribution in [0.25, 0.3) is 10.9 Å². The van der Waals surface area contributed by atoms with E-state index in [-0.39, 0.29) is 16.7 Å². The van der Waals surface area contributed by atoms with Crippen molar-refractivity contribution in [3.63, 3.8) is 0 Å². The largest absolute Gasteiger partial charge is 0.352 e. The number of amides is 1. The molecule has 7 heteroatoms. The molecule has 1 aromatic heterocycles. The number of hydrogen-bond acceptors (Lipinski definition) is 4. The molecule has 3 rings (SSSR count). The Kier molecular flexibility index (Phi) is 5.53. The van der Waals surface area contributed by atoms with E-state index in [2.05, 4.69) is 40.1 Å². The minimum absolute atomic E-state index is 0.00810. The number of nitrogens with one attached hydrogen (secondary N) is 1. The van der Waals surface area contributed by atoms with Crippen LogP contribution in [0, 0.1) is 5.92 Å². The lowest BCUT2D eigenvalue weighted by Crippen LogP contribution is -2.33.